The molecule has 0 atom stereocenters. The average molecular weight is 231 g/mol. The van der Waals surface area contributed by atoms with Gasteiger partial charge < -0.3 is 5.73 Å². The van der Waals surface area contributed by atoms with Crippen LogP contribution in [0.1, 0.15) is 22.6 Å². The summed E-state index contributed by atoms with van der Waals surface area (Å²) in [5, 5.41) is 0. The molecule has 0 aliphatic heterocycles. The normalized spacial score (nSPS) is 10.5. The number of halogens is 1. The van der Waals surface area contributed by atoms with Crippen LogP contribution < -0.4 is 5.73 Å². The fraction of sp³-hybridized carbons (Fsp3) is 0.231. The van der Waals surface area contributed by atoms with Crippen molar-refractivity contribution >= 4 is 5.82 Å². The second-order valence-corrected chi connectivity index (χ2v) is 4.00. The highest BCUT2D eigenvalue weighted by Crippen LogP contribution is 2.15. The SMILES string of the molecule is Cc1nc(Cc2ccccc2F)nc(N)c1C. The molecule has 0 saturated heterocycles. The average Bonchev–Trinajstić information content (AvgIpc) is 2.29. The van der Waals surface area contributed by atoms with Gasteiger partial charge in [0.2, 0.25) is 0 Å². The lowest BCUT2D eigenvalue weighted by Crippen LogP contribution is -2.06. The van der Waals surface area contributed by atoms with Crippen LogP contribution in [0.5, 0.6) is 0 Å². The van der Waals surface area contributed by atoms with E-state index in [9.17, 15) is 4.39 Å². The first kappa shape index (κ1) is 11.5. The molecular weight excluding hydrogens is 217 g/mol. The van der Waals surface area contributed by atoms with Crippen LogP contribution in [0.3, 0.4) is 0 Å². The third-order valence-electron chi connectivity index (χ3n) is 2.78. The van der Waals surface area contributed by atoms with Gasteiger partial charge in [-0.3, -0.25) is 0 Å². The highest BCUT2D eigenvalue weighted by atomic mass is 19.1. The van der Waals surface area contributed by atoms with Gasteiger partial charge in [-0.15, -0.1) is 0 Å². The summed E-state index contributed by atoms with van der Waals surface area (Å²) in [7, 11) is 0. The molecule has 0 aliphatic carbocycles. The maximum Gasteiger partial charge on any atom is 0.135 e. The molecule has 2 N–H and O–H groups in total. The molecule has 2 aromatic rings. The number of nitrogens with two attached hydrogens (primary N) is 1. The Morgan fingerprint density at radius 1 is 1.18 bits per heavy atom. The first-order chi connectivity index (χ1) is 8.08. The lowest BCUT2D eigenvalue weighted by molar-refractivity contribution is 0.612. The van der Waals surface area contributed by atoms with Crippen molar-refractivity contribution in [2.45, 2.75) is 20.3 Å². The highest BCUT2D eigenvalue weighted by molar-refractivity contribution is 5.41. The van der Waals surface area contributed by atoms with Crippen molar-refractivity contribution < 1.29 is 4.39 Å². The van der Waals surface area contributed by atoms with Crippen LogP contribution in [0.15, 0.2) is 24.3 Å². The van der Waals surface area contributed by atoms with Crippen molar-refractivity contribution in [2.24, 2.45) is 0 Å². The fourth-order valence-electron chi connectivity index (χ4n) is 1.60. The second kappa shape index (κ2) is 4.49. The first-order valence-corrected chi connectivity index (χ1v) is 5.41. The van der Waals surface area contributed by atoms with E-state index in [1.807, 2.05) is 13.8 Å². The van der Waals surface area contributed by atoms with Crippen LogP contribution in [0, 0.1) is 19.7 Å². The monoisotopic (exact) mass is 231 g/mol. The van der Waals surface area contributed by atoms with Crippen molar-refractivity contribution in [1.82, 2.24) is 9.97 Å². The molecular formula is C13H14FN3. The second-order valence-electron chi connectivity index (χ2n) is 4.00. The van der Waals surface area contributed by atoms with Crippen LogP contribution in [0.4, 0.5) is 10.2 Å². The van der Waals surface area contributed by atoms with Crippen LogP contribution in [-0.4, -0.2) is 9.97 Å². The number of aryl methyl sites for hydroxylation is 1. The predicted octanol–water partition coefficient (Wildman–Crippen LogP) is 2.41. The largest absolute Gasteiger partial charge is 0.383 e. The van der Waals surface area contributed by atoms with E-state index < -0.39 is 0 Å². The number of anilines is 1. The van der Waals surface area contributed by atoms with Gasteiger partial charge in [-0.2, -0.15) is 0 Å². The highest BCUT2D eigenvalue weighted by Gasteiger charge is 2.08. The molecule has 2 rings (SSSR count). The van der Waals surface area contributed by atoms with E-state index in [-0.39, 0.29) is 5.82 Å². The number of hydrogen-bond donors (Lipinski definition) is 1. The van der Waals surface area contributed by atoms with Gasteiger partial charge in [0.05, 0.1) is 0 Å². The Kier molecular flexibility index (Phi) is 3.04. The zero-order chi connectivity index (χ0) is 12.4. The quantitative estimate of drug-likeness (QED) is 0.863. The predicted molar refractivity (Wildman–Crippen MR) is 65.1 cm³/mol. The summed E-state index contributed by atoms with van der Waals surface area (Å²) in [5.74, 6) is 0.771. The van der Waals surface area contributed by atoms with Crippen LogP contribution in [-0.2, 0) is 6.42 Å². The molecule has 0 fully saturated rings. The molecule has 0 aliphatic rings. The van der Waals surface area contributed by atoms with Gasteiger partial charge in [-0.1, -0.05) is 18.2 Å². The summed E-state index contributed by atoms with van der Waals surface area (Å²) >= 11 is 0. The van der Waals surface area contributed by atoms with Gasteiger partial charge in [0.25, 0.3) is 0 Å². The molecule has 4 heteroatoms. The van der Waals surface area contributed by atoms with Crippen molar-refractivity contribution in [2.75, 3.05) is 5.73 Å². The molecule has 0 spiro atoms. The maximum atomic E-state index is 13.5. The van der Waals surface area contributed by atoms with Crippen molar-refractivity contribution in [3.05, 3.63) is 52.7 Å². The van der Waals surface area contributed by atoms with Crippen LogP contribution in [0.25, 0.3) is 0 Å². The van der Waals surface area contributed by atoms with Gasteiger partial charge in [0.1, 0.15) is 17.5 Å². The minimum atomic E-state index is -0.243. The van der Waals surface area contributed by atoms with E-state index in [0.29, 0.717) is 23.6 Å². The van der Waals surface area contributed by atoms with Crippen LogP contribution >= 0.6 is 0 Å². The van der Waals surface area contributed by atoms with Gasteiger partial charge in [0.15, 0.2) is 0 Å². The van der Waals surface area contributed by atoms with Gasteiger partial charge in [-0.25, -0.2) is 14.4 Å². The van der Waals surface area contributed by atoms with Gasteiger partial charge in [-0.05, 0) is 25.5 Å². The Labute approximate surface area is 99.5 Å². The Hall–Kier alpha value is -1.97. The fourth-order valence-corrected chi connectivity index (χ4v) is 1.60. The lowest BCUT2D eigenvalue weighted by atomic mass is 10.1. The molecule has 3 nitrogen and oxygen atoms in total. The molecule has 17 heavy (non-hydrogen) atoms. The Morgan fingerprint density at radius 3 is 2.53 bits per heavy atom. The van der Waals surface area contributed by atoms with Crippen LogP contribution in [0.2, 0.25) is 0 Å². The molecule has 0 bridgehead atoms. The minimum Gasteiger partial charge on any atom is -0.383 e. The molecule has 1 aromatic carbocycles. The molecule has 0 saturated carbocycles. The van der Waals surface area contributed by atoms with Gasteiger partial charge in [0, 0.05) is 17.7 Å². The summed E-state index contributed by atoms with van der Waals surface area (Å²) in [6, 6.07) is 6.61. The third kappa shape index (κ3) is 2.41. The molecule has 0 radical (unpaired) electrons. The Balaban J connectivity index is 2.34. The Morgan fingerprint density at radius 2 is 1.88 bits per heavy atom. The van der Waals surface area contributed by atoms with E-state index in [1.165, 1.54) is 6.07 Å². The van der Waals surface area contributed by atoms with Crippen molar-refractivity contribution in [3.63, 3.8) is 0 Å². The number of rotatable bonds is 2. The zero-order valence-electron chi connectivity index (χ0n) is 9.87. The molecule has 0 unspecified atom stereocenters. The number of hydrogen-bond acceptors (Lipinski definition) is 3. The number of benzene rings is 1. The van der Waals surface area contributed by atoms with E-state index >= 15 is 0 Å². The summed E-state index contributed by atoms with van der Waals surface area (Å²) in [4.78, 5) is 8.48. The lowest BCUT2D eigenvalue weighted by Gasteiger charge is -2.07. The van der Waals surface area contributed by atoms with Gasteiger partial charge >= 0.3 is 0 Å². The Bertz CT molecular complexity index is 529. The minimum absolute atomic E-state index is 0.243. The topological polar surface area (TPSA) is 51.8 Å². The standard InChI is InChI=1S/C13H14FN3/c1-8-9(2)16-12(17-13(8)15)7-10-5-3-4-6-11(10)14/h3-6H,7H2,1-2H3,(H2,15,16,17). The summed E-state index contributed by atoms with van der Waals surface area (Å²) in [6.45, 7) is 3.75. The maximum absolute atomic E-state index is 13.5. The summed E-state index contributed by atoms with van der Waals surface area (Å²) in [6.07, 6.45) is 0.359. The summed E-state index contributed by atoms with van der Waals surface area (Å²) in [5.41, 5.74) is 8.06. The van der Waals surface area contributed by atoms with Crippen molar-refractivity contribution in [3.8, 4) is 0 Å². The van der Waals surface area contributed by atoms with E-state index in [2.05, 4.69) is 9.97 Å². The molecule has 0 amide bonds. The summed E-state index contributed by atoms with van der Waals surface area (Å²) < 4.78 is 13.5. The van der Waals surface area contributed by atoms with E-state index in [0.717, 1.165) is 11.3 Å². The van der Waals surface area contributed by atoms with E-state index in [4.69, 9.17) is 5.73 Å². The molecule has 88 valence electrons. The first-order valence-electron chi connectivity index (χ1n) is 5.41. The van der Waals surface area contributed by atoms with Crippen molar-refractivity contribution in [1.29, 1.82) is 0 Å². The number of nitrogens with zero attached hydrogens (tertiary/aromatic N) is 2. The smallest absolute Gasteiger partial charge is 0.135 e. The van der Waals surface area contributed by atoms with E-state index in [1.54, 1.807) is 18.2 Å². The zero-order valence-corrected chi connectivity index (χ0v) is 9.87. The number of aromatic nitrogens is 2. The third-order valence-corrected chi connectivity index (χ3v) is 2.78. The molecule has 1 heterocycles. The molecule has 1 aromatic heterocycles. The number of nitrogen functional groups attached to an aromatic ring is 1.